The maximum atomic E-state index is 6.85. The smallest absolute Gasteiger partial charge is 0.190 e. The summed E-state index contributed by atoms with van der Waals surface area (Å²) in [7, 11) is -5.08. The fraction of sp³-hybridized carbons (Fsp3) is 0. The summed E-state index contributed by atoms with van der Waals surface area (Å²) in [6.45, 7) is 0. The zero-order valence-corrected chi connectivity index (χ0v) is 39.1. The number of hydrogen-bond donors (Lipinski definition) is 0. The van der Waals surface area contributed by atoms with Crippen LogP contribution in [0.25, 0.3) is 33.0 Å². The van der Waals surface area contributed by atoms with E-state index in [-0.39, 0.29) is 0 Å². The van der Waals surface area contributed by atoms with E-state index in [9.17, 15) is 0 Å². The lowest BCUT2D eigenvalue weighted by Crippen LogP contribution is -2.78. The zero-order valence-electron chi connectivity index (χ0n) is 37.2. The van der Waals surface area contributed by atoms with Crippen molar-refractivity contribution in [1.29, 1.82) is 0 Å². The molecular formula is C64H45NOSSi. The summed E-state index contributed by atoms with van der Waals surface area (Å²) in [6.07, 6.45) is 0. The highest BCUT2D eigenvalue weighted by atomic mass is 32.3. The predicted octanol–water partition coefficient (Wildman–Crippen LogP) is 14.8. The molecule has 68 heavy (non-hydrogen) atoms. The predicted molar refractivity (Wildman–Crippen MR) is 287 cm³/mol. The van der Waals surface area contributed by atoms with Gasteiger partial charge in [0.15, 0.2) is 8.07 Å². The first kappa shape index (κ1) is 40.1. The average Bonchev–Trinajstić information content (AvgIpc) is 3.42. The number of nitrogens with zero attached hydrogens (tertiary/aromatic N) is 1. The first-order chi connectivity index (χ1) is 33.7. The zero-order chi connectivity index (χ0) is 45.1. The van der Waals surface area contributed by atoms with Gasteiger partial charge in [0.2, 0.25) is 0 Å². The minimum Gasteiger partial charge on any atom is -0.458 e. The van der Waals surface area contributed by atoms with E-state index in [0.29, 0.717) is 0 Å². The van der Waals surface area contributed by atoms with Crippen molar-refractivity contribution < 1.29 is 4.74 Å². The van der Waals surface area contributed by atoms with Crippen LogP contribution in [0.4, 0.5) is 17.1 Å². The molecule has 11 aromatic carbocycles. The van der Waals surface area contributed by atoms with Crippen molar-refractivity contribution in [3.05, 3.63) is 273 Å². The summed E-state index contributed by atoms with van der Waals surface area (Å²) >= 11 is 0. The number of rotatable bonds is 7. The molecule has 2 aliphatic heterocycles. The Morgan fingerprint density at radius 1 is 0.324 bits per heavy atom. The van der Waals surface area contributed by atoms with Crippen molar-refractivity contribution in [3.63, 3.8) is 0 Å². The lowest BCUT2D eigenvalue weighted by Gasteiger charge is -2.53. The van der Waals surface area contributed by atoms with Gasteiger partial charge in [-0.1, -0.05) is 194 Å². The molecule has 0 saturated carbocycles. The highest BCUT2D eigenvalue weighted by molar-refractivity contribution is 8.34. The number of para-hydroxylation sites is 2. The minimum absolute atomic E-state index is 0.947. The van der Waals surface area contributed by atoms with Crippen molar-refractivity contribution in [2.45, 2.75) is 19.6 Å². The summed E-state index contributed by atoms with van der Waals surface area (Å²) in [5.41, 5.74) is 8.07. The second kappa shape index (κ2) is 16.3. The number of benzene rings is 11. The van der Waals surface area contributed by atoms with Crippen LogP contribution < -0.4 is 30.4 Å². The lowest BCUT2D eigenvalue weighted by atomic mass is 10.0. The van der Waals surface area contributed by atoms with Crippen molar-refractivity contribution >= 4 is 66.7 Å². The molecule has 0 fully saturated rings. The van der Waals surface area contributed by atoms with E-state index < -0.39 is 18.1 Å². The second-order valence-corrected chi connectivity index (χ2v) is 24.3. The highest BCUT2D eigenvalue weighted by Gasteiger charge is 2.56. The number of fused-ring (bicyclic) bond motifs is 9. The van der Waals surface area contributed by atoms with Gasteiger partial charge in [-0.2, -0.15) is 0 Å². The fourth-order valence-corrected chi connectivity index (χ4v) is 22.0. The summed E-state index contributed by atoms with van der Waals surface area (Å²) in [6, 6.07) is 101. The monoisotopic (exact) mass is 903 g/mol. The molecule has 11 aromatic rings. The molecule has 0 bridgehead atoms. The van der Waals surface area contributed by atoms with Crippen LogP contribution in [0.3, 0.4) is 0 Å². The van der Waals surface area contributed by atoms with E-state index >= 15 is 0 Å². The summed E-state index contributed by atoms with van der Waals surface area (Å²) < 4.78 is 6.85. The third-order valence-corrected chi connectivity index (χ3v) is 23.3. The van der Waals surface area contributed by atoms with Crippen LogP contribution in [0.5, 0.6) is 11.5 Å². The minimum atomic E-state index is -3.02. The van der Waals surface area contributed by atoms with Gasteiger partial charge in [-0.3, -0.25) is 0 Å². The topological polar surface area (TPSA) is 12.5 Å². The van der Waals surface area contributed by atoms with Gasteiger partial charge in [-0.05, 0) is 127 Å². The van der Waals surface area contributed by atoms with Crippen LogP contribution in [0.15, 0.2) is 293 Å². The van der Waals surface area contributed by atoms with E-state index in [0.717, 1.165) is 34.1 Å². The fourth-order valence-electron chi connectivity index (χ4n) is 11.1. The molecule has 0 radical (unpaired) electrons. The van der Waals surface area contributed by atoms with Crippen molar-refractivity contribution in [1.82, 2.24) is 0 Å². The van der Waals surface area contributed by atoms with E-state index in [1.54, 1.807) is 0 Å². The molecule has 322 valence electrons. The van der Waals surface area contributed by atoms with E-state index in [2.05, 4.69) is 278 Å². The molecule has 0 aliphatic carbocycles. The van der Waals surface area contributed by atoms with Gasteiger partial charge >= 0.3 is 0 Å². The third kappa shape index (κ3) is 6.11. The Morgan fingerprint density at radius 3 is 1.53 bits per heavy atom. The van der Waals surface area contributed by atoms with Gasteiger partial charge in [0, 0.05) is 36.3 Å². The normalized spacial score (nSPS) is 14.1. The third-order valence-electron chi connectivity index (χ3n) is 14.0. The van der Waals surface area contributed by atoms with Gasteiger partial charge in [-0.15, -0.1) is 10.0 Å². The number of hydrogen-bond acceptors (Lipinski definition) is 2. The Bertz CT molecular complexity index is 3580. The lowest BCUT2D eigenvalue weighted by molar-refractivity contribution is 0.487. The summed E-state index contributed by atoms with van der Waals surface area (Å²) in [4.78, 5) is 7.86. The SMILES string of the molecule is c1ccc(-c2ccc(N(c3cccc(-c4ccc5c(c4)S(c4ccccc4)(c4ccccc4)c4ccccc4[Si]54c5ccccc5Oc5ccccc54)c3)c3cccc4ccccc34)cc2)cc1. The quantitative estimate of drug-likeness (QED) is 0.148. The van der Waals surface area contributed by atoms with Crippen molar-refractivity contribution in [2.75, 3.05) is 4.90 Å². The summed E-state index contributed by atoms with van der Waals surface area (Å²) in [5, 5.41) is 7.83. The van der Waals surface area contributed by atoms with Crippen molar-refractivity contribution in [2.24, 2.45) is 0 Å². The maximum absolute atomic E-state index is 6.85. The number of anilines is 3. The molecule has 4 heteroatoms. The Morgan fingerprint density at radius 2 is 0.824 bits per heavy atom. The van der Waals surface area contributed by atoms with Crippen LogP contribution in [0, 0.1) is 0 Å². The van der Waals surface area contributed by atoms with Crippen LogP contribution in [-0.2, 0) is 0 Å². The van der Waals surface area contributed by atoms with Gasteiger partial charge < -0.3 is 9.64 Å². The van der Waals surface area contributed by atoms with E-state index in [1.165, 1.54) is 67.8 Å². The molecule has 0 amide bonds. The molecule has 0 atom stereocenters. The molecular weight excluding hydrogens is 859 g/mol. The molecule has 0 saturated heterocycles. The van der Waals surface area contributed by atoms with Gasteiger partial charge in [0.05, 0.1) is 5.69 Å². The van der Waals surface area contributed by atoms with Crippen molar-refractivity contribution in [3.8, 4) is 33.8 Å². The maximum Gasteiger partial charge on any atom is 0.190 e. The molecule has 1 spiro atoms. The molecule has 13 rings (SSSR count). The Labute approximate surface area is 400 Å². The standard InChI is InChI=1S/C64H45NOSSi/c1-4-20-46(21-5-1)47-38-41-51(42-39-47)65(56-31-19-23-48-22-10-11-30-55(48)56)52-25-18-24-49(44-52)50-40-43-64-60(45-50)67(53-26-6-2-7-27-53,54-28-8-3-9-29-54)59-34-14-17-37-63(59)68(64)61-35-15-12-32-57(61)66-58-33-13-16-36-62(58)68/h1-45H. The highest BCUT2D eigenvalue weighted by Crippen LogP contribution is 2.74. The molecule has 0 unspecified atom stereocenters. The molecule has 2 aliphatic rings. The van der Waals surface area contributed by atoms with E-state index in [1.807, 2.05) is 0 Å². The van der Waals surface area contributed by atoms with E-state index in [4.69, 9.17) is 4.74 Å². The Kier molecular flexibility index (Phi) is 9.64. The molecule has 2 nitrogen and oxygen atoms in total. The second-order valence-electron chi connectivity index (χ2n) is 17.6. The van der Waals surface area contributed by atoms with Crippen LogP contribution in [-0.4, -0.2) is 8.07 Å². The number of ether oxygens (including phenoxy) is 1. The van der Waals surface area contributed by atoms with Gasteiger partial charge in [0.25, 0.3) is 0 Å². The summed E-state index contributed by atoms with van der Waals surface area (Å²) in [5.74, 6) is 1.89. The average molecular weight is 904 g/mol. The largest absolute Gasteiger partial charge is 0.458 e. The first-order valence-electron chi connectivity index (χ1n) is 23.3. The molecule has 0 N–H and O–H groups in total. The van der Waals surface area contributed by atoms with Crippen LogP contribution in [0.1, 0.15) is 0 Å². The first-order valence-corrected chi connectivity index (χ1v) is 26.9. The van der Waals surface area contributed by atoms with Gasteiger partial charge in [0.1, 0.15) is 11.5 Å². The van der Waals surface area contributed by atoms with Crippen LogP contribution >= 0.6 is 10.0 Å². The molecule has 2 heterocycles. The Balaban J connectivity index is 1.08. The van der Waals surface area contributed by atoms with Gasteiger partial charge in [-0.25, -0.2) is 0 Å². The Hall–Kier alpha value is -8.15. The molecule has 0 aromatic heterocycles. The van der Waals surface area contributed by atoms with Crippen LogP contribution in [0.2, 0.25) is 0 Å².